The van der Waals surface area contributed by atoms with Crippen molar-refractivity contribution in [2.45, 2.75) is 32.5 Å². The zero-order chi connectivity index (χ0) is 33.3. The molecule has 9 N–H and O–H groups in total. The van der Waals surface area contributed by atoms with Crippen molar-refractivity contribution >= 4 is 34.1 Å². The topological polar surface area (TPSA) is 114 Å². The van der Waals surface area contributed by atoms with E-state index in [1.807, 2.05) is 127 Å². The molecule has 240 valence electrons. The van der Waals surface area contributed by atoms with Gasteiger partial charge in [0.05, 0.1) is 34.1 Å². The Morgan fingerprint density at radius 3 is 1.11 bits per heavy atom. The fourth-order valence-corrected chi connectivity index (χ4v) is 4.82. The van der Waals surface area contributed by atoms with Crippen LogP contribution in [0.3, 0.4) is 0 Å². The van der Waals surface area contributed by atoms with Crippen LogP contribution in [0.1, 0.15) is 42.6 Å². The van der Waals surface area contributed by atoms with E-state index in [-0.39, 0.29) is 12.1 Å². The average Bonchev–Trinajstić information content (AvgIpc) is 3.12. The Bertz CT molecular complexity index is 1650. The van der Waals surface area contributed by atoms with Crippen molar-refractivity contribution in [2.24, 2.45) is 0 Å². The molecule has 0 amide bonds. The van der Waals surface area contributed by atoms with Crippen LogP contribution in [0.25, 0.3) is 0 Å². The van der Waals surface area contributed by atoms with E-state index in [2.05, 4.69) is 66.2 Å². The number of rotatable bonds is 9. The van der Waals surface area contributed by atoms with Gasteiger partial charge in [0, 0.05) is 18.6 Å². The summed E-state index contributed by atoms with van der Waals surface area (Å²) in [5.74, 6) is 0. The Morgan fingerprint density at radius 1 is 0.404 bits per heavy atom. The van der Waals surface area contributed by atoms with Gasteiger partial charge in [-0.2, -0.15) is 0 Å². The first-order valence-electron chi connectivity index (χ1n) is 15.8. The third-order valence-corrected chi connectivity index (χ3v) is 7.55. The molecule has 0 aliphatic heterocycles. The lowest BCUT2D eigenvalue weighted by Crippen LogP contribution is -2.07. The summed E-state index contributed by atoms with van der Waals surface area (Å²) < 4.78 is 0. The fraction of sp³-hybridized carbons (Fsp3) is 0.122. The molecule has 0 aromatic heterocycles. The quantitative estimate of drug-likeness (QED) is 0.0895. The van der Waals surface area contributed by atoms with E-state index in [4.69, 9.17) is 17.2 Å². The molecule has 0 radical (unpaired) electrons. The molecule has 0 aliphatic rings. The highest BCUT2D eigenvalue weighted by molar-refractivity contribution is 5.67. The van der Waals surface area contributed by atoms with Crippen LogP contribution in [0.2, 0.25) is 0 Å². The third-order valence-electron chi connectivity index (χ3n) is 7.55. The van der Waals surface area contributed by atoms with Crippen molar-refractivity contribution in [1.29, 1.82) is 0 Å². The van der Waals surface area contributed by atoms with E-state index < -0.39 is 0 Å². The summed E-state index contributed by atoms with van der Waals surface area (Å²) in [5, 5.41) is 10.1. The van der Waals surface area contributed by atoms with E-state index in [1.54, 1.807) is 0 Å². The van der Waals surface area contributed by atoms with Gasteiger partial charge in [-0.15, -0.1) is 0 Å². The maximum Gasteiger partial charge on any atom is 0.0578 e. The van der Waals surface area contributed by atoms with E-state index in [0.717, 1.165) is 40.7 Å². The molecule has 0 bridgehead atoms. The molecule has 0 saturated heterocycles. The molecular formula is C41H46N6. The van der Waals surface area contributed by atoms with Crippen LogP contribution in [0.4, 0.5) is 34.1 Å². The zero-order valence-corrected chi connectivity index (χ0v) is 27.2. The minimum atomic E-state index is 0.255. The fourth-order valence-electron chi connectivity index (χ4n) is 4.82. The molecule has 2 atom stereocenters. The van der Waals surface area contributed by atoms with Crippen LogP contribution in [-0.2, 0) is 6.54 Å². The van der Waals surface area contributed by atoms with Crippen molar-refractivity contribution < 1.29 is 0 Å². The minimum Gasteiger partial charge on any atom is -0.397 e. The van der Waals surface area contributed by atoms with Crippen molar-refractivity contribution in [3.05, 3.63) is 180 Å². The number of hydrogen-bond acceptors (Lipinski definition) is 6. The zero-order valence-electron chi connectivity index (χ0n) is 27.2. The number of nitrogens with two attached hydrogens (primary N) is 3. The first-order valence-corrected chi connectivity index (χ1v) is 15.8. The molecular weight excluding hydrogens is 576 g/mol. The van der Waals surface area contributed by atoms with E-state index in [9.17, 15) is 0 Å². The molecule has 0 saturated carbocycles. The molecule has 6 nitrogen and oxygen atoms in total. The number of para-hydroxylation sites is 6. The lowest BCUT2D eigenvalue weighted by molar-refractivity contribution is 0.885. The average molecular weight is 623 g/mol. The Labute approximate surface area is 279 Å². The maximum atomic E-state index is 5.88. The summed E-state index contributed by atoms with van der Waals surface area (Å²) in [6, 6.07) is 54.8. The van der Waals surface area contributed by atoms with Gasteiger partial charge < -0.3 is 33.2 Å². The number of benzene rings is 6. The van der Waals surface area contributed by atoms with Crippen molar-refractivity contribution in [1.82, 2.24) is 0 Å². The summed E-state index contributed by atoms with van der Waals surface area (Å²) in [6.45, 7) is 5.05. The maximum absolute atomic E-state index is 5.88. The van der Waals surface area contributed by atoms with Gasteiger partial charge in [-0.1, -0.05) is 127 Å². The molecule has 0 heterocycles. The number of nitrogen functional groups attached to an aromatic ring is 3. The SMILES string of the molecule is CC(Nc1ccccc1N)c1ccccc1.C[C@@H](Nc1ccccc1N)c1ccccc1.Nc1ccccc1NCc1ccccc1. The van der Waals surface area contributed by atoms with Gasteiger partial charge in [-0.3, -0.25) is 0 Å². The molecule has 1 unspecified atom stereocenters. The van der Waals surface area contributed by atoms with Crippen LogP contribution >= 0.6 is 0 Å². The Balaban J connectivity index is 0.000000160. The Morgan fingerprint density at radius 2 is 0.723 bits per heavy atom. The largest absolute Gasteiger partial charge is 0.397 e. The van der Waals surface area contributed by atoms with Gasteiger partial charge in [0.1, 0.15) is 0 Å². The highest BCUT2D eigenvalue weighted by Gasteiger charge is 2.07. The second-order valence-electron chi connectivity index (χ2n) is 11.2. The number of hydrogen-bond donors (Lipinski definition) is 6. The molecule has 0 aliphatic carbocycles. The standard InChI is InChI=1S/2C14H16N2.C13H14N2/c2*1-11(12-7-3-2-4-8-12)16-14-10-6-5-9-13(14)15;14-12-8-4-5-9-13(12)15-10-11-6-2-1-3-7-11/h2*2-11,16H,15H2,1H3;1-9,15H,10,14H2/t11-;;/m1../s1. The summed E-state index contributed by atoms with van der Waals surface area (Å²) in [4.78, 5) is 0. The first-order chi connectivity index (χ1) is 22.9. The van der Waals surface area contributed by atoms with Crippen molar-refractivity contribution in [2.75, 3.05) is 33.2 Å². The molecule has 6 heteroatoms. The summed E-state index contributed by atoms with van der Waals surface area (Å²) >= 11 is 0. The smallest absolute Gasteiger partial charge is 0.0578 e. The number of nitrogens with one attached hydrogen (secondary N) is 3. The lowest BCUT2D eigenvalue weighted by atomic mass is 10.1. The van der Waals surface area contributed by atoms with Crippen LogP contribution in [-0.4, -0.2) is 0 Å². The molecule has 47 heavy (non-hydrogen) atoms. The van der Waals surface area contributed by atoms with Crippen LogP contribution in [0.5, 0.6) is 0 Å². The second-order valence-corrected chi connectivity index (χ2v) is 11.2. The summed E-state index contributed by atoms with van der Waals surface area (Å²) in [7, 11) is 0. The van der Waals surface area contributed by atoms with Crippen LogP contribution in [0, 0.1) is 0 Å². The molecule has 6 rings (SSSR count). The van der Waals surface area contributed by atoms with Gasteiger partial charge in [0.15, 0.2) is 0 Å². The van der Waals surface area contributed by atoms with Gasteiger partial charge >= 0.3 is 0 Å². The molecule has 0 fully saturated rings. The second kappa shape index (κ2) is 18.2. The molecule has 6 aromatic rings. The van der Waals surface area contributed by atoms with Gasteiger partial charge in [-0.25, -0.2) is 0 Å². The predicted molar refractivity (Wildman–Crippen MR) is 203 cm³/mol. The minimum absolute atomic E-state index is 0.255. The van der Waals surface area contributed by atoms with Crippen molar-refractivity contribution in [3.8, 4) is 0 Å². The Hall–Kier alpha value is -5.88. The van der Waals surface area contributed by atoms with E-state index in [1.165, 1.54) is 16.7 Å². The van der Waals surface area contributed by atoms with Crippen molar-refractivity contribution in [3.63, 3.8) is 0 Å². The predicted octanol–water partition coefficient (Wildman–Crippen LogP) is 9.76. The van der Waals surface area contributed by atoms with Gasteiger partial charge in [-0.05, 0) is 66.9 Å². The van der Waals surface area contributed by atoms with Gasteiger partial charge in [0.2, 0.25) is 0 Å². The van der Waals surface area contributed by atoms with Crippen LogP contribution < -0.4 is 33.2 Å². The van der Waals surface area contributed by atoms with E-state index in [0.29, 0.717) is 0 Å². The third kappa shape index (κ3) is 11.2. The summed E-state index contributed by atoms with van der Waals surface area (Å²) in [5.41, 5.74) is 26.7. The highest BCUT2D eigenvalue weighted by atomic mass is 14.9. The van der Waals surface area contributed by atoms with Crippen LogP contribution in [0.15, 0.2) is 164 Å². The lowest BCUT2D eigenvalue weighted by Gasteiger charge is -2.16. The first kappa shape index (κ1) is 34.0. The highest BCUT2D eigenvalue weighted by Crippen LogP contribution is 2.24. The normalized spacial score (nSPS) is 11.4. The number of anilines is 6. The molecule has 0 spiro atoms. The molecule has 6 aromatic carbocycles. The summed E-state index contributed by atoms with van der Waals surface area (Å²) in [6.07, 6.45) is 0. The van der Waals surface area contributed by atoms with E-state index >= 15 is 0 Å². The monoisotopic (exact) mass is 622 g/mol. The van der Waals surface area contributed by atoms with Gasteiger partial charge in [0.25, 0.3) is 0 Å². The Kier molecular flexibility index (Phi) is 13.1.